The fourth-order valence-electron chi connectivity index (χ4n) is 2.08. The van der Waals surface area contributed by atoms with Gasteiger partial charge in [0.1, 0.15) is 5.25 Å². The molecule has 0 spiro atoms. The molecule has 1 aliphatic rings. The first-order valence-corrected chi connectivity index (χ1v) is 8.76. The quantitative estimate of drug-likeness (QED) is 0.798. The highest BCUT2D eigenvalue weighted by Gasteiger charge is 2.46. The monoisotopic (exact) mass is 290 g/mol. The van der Waals surface area contributed by atoms with E-state index >= 15 is 0 Å². The maximum absolute atomic E-state index is 12.3. The molecule has 2 rings (SSSR count). The van der Waals surface area contributed by atoms with E-state index in [4.69, 9.17) is 4.74 Å². The second-order valence-corrected chi connectivity index (χ2v) is 8.57. The lowest BCUT2D eigenvalue weighted by Crippen LogP contribution is -2.34. The molecule has 0 N–H and O–H groups in total. The van der Waals surface area contributed by atoms with Gasteiger partial charge in [-0.2, -0.15) is 0 Å². The Labute approximate surface area is 107 Å². The molecule has 1 aromatic carbocycles. The third-order valence-corrected chi connectivity index (χ3v) is 7.14. The van der Waals surface area contributed by atoms with Crippen LogP contribution in [0.5, 0.6) is 0 Å². The van der Waals surface area contributed by atoms with E-state index < -0.39 is 31.0 Å². The lowest BCUT2D eigenvalue weighted by Gasteiger charge is -2.16. The van der Waals surface area contributed by atoms with E-state index in [1.165, 1.54) is 19.2 Å². The Kier molecular flexibility index (Phi) is 3.48. The normalized spacial score (nSPS) is 27.2. The number of methoxy groups -OCH3 is 1. The zero-order valence-electron chi connectivity index (χ0n) is 9.81. The zero-order valence-corrected chi connectivity index (χ0v) is 11.4. The van der Waals surface area contributed by atoms with Gasteiger partial charge in [0, 0.05) is 7.11 Å². The van der Waals surface area contributed by atoms with Crippen LogP contribution in [0.3, 0.4) is 0 Å². The van der Waals surface area contributed by atoms with Crippen molar-refractivity contribution in [3.63, 3.8) is 0 Å². The van der Waals surface area contributed by atoms with E-state index in [9.17, 15) is 16.8 Å². The Bertz CT molecular complexity index is 619. The third-order valence-electron chi connectivity index (χ3n) is 3.02. The zero-order chi connectivity index (χ0) is 13.4. The summed E-state index contributed by atoms with van der Waals surface area (Å²) in [7, 11) is -5.69. The minimum Gasteiger partial charge on any atom is -0.379 e. The predicted octanol–water partition coefficient (Wildman–Crippen LogP) is 0.272. The molecule has 100 valence electrons. The van der Waals surface area contributed by atoms with Crippen LogP contribution >= 0.6 is 0 Å². The molecular formula is C11H14O5S2. The highest BCUT2D eigenvalue weighted by atomic mass is 32.2. The van der Waals surface area contributed by atoms with Gasteiger partial charge in [0.25, 0.3) is 0 Å². The van der Waals surface area contributed by atoms with E-state index in [0.29, 0.717) is 0 Å². The highest BCUT2D eigenvalue weighted by molar-refractivity contribution is 7.96. The van der Waals surface area contributed by atoms with Crippen molar-refractivity contribution in [3.05, 3.63) is 30.3 Å². The van der Waals surface area contributed by atoms with Gasteiger partial charge in [-0.25, -0.2) is 16.8 Å². The van der Waals surface area contributed by atoms with Crippen molar-refractivity contribution in [3.8, 4) is 0 Å². The van der Waals surface area contributed by atoms with Crippen molar-refractivity contribution in [2.75, 3.05) is 18.6 Å². The van der Waals surface area contributed by atoms with Crippen molar-refractivity contribution in [2.45, 2.75) is 16.2 Å². The summed E-state index contributed by atoms with van der Waals surface area (Å²) in [6.45, 7) is 0. The van der Waals surface area contributed by atoms with Gasteiger partial charge < -0.3 is 4.74 Å². The maximum Gasteiger partial charge on any atom is 0.184 e. The van der Waals surface area contributed by atoms with Crippen molar-refractivity contribution in [1.29, 1.82) is 0 Å². The molecule has 18 heavy (non-hydrogen) atoms. The van der Waals surface area contributed by atoms with Crippen LogP contribution < -0.4 is 0 Å². The second-order valence-electron chi connectivity index (χ2n) is 4.25. The van der Waals surface area contributed by atoms with Gasteiger partial charge in [0.2, 0.25) is 0 Å². The predicted molar refractivity (Wildman–Crippen MR) is 66.9 cm³/mol. The third kappa shape index (κ3) is 2.43. The molecule has 0 aliphatic carbocycles. The molecule has 1 saturated heterocycles. The van der Waals surface area contributed by atoms with Crippen LogP contribution in [0.2, 0.25) is 0 Å². The summed E-state index contributed by atoms with van der Waals surface area (Å²) in [4.78, 5) is 0.133. The van der Waals surface area contributed by atoms with Gasteiger partial charge in [-0.15, -0.1) is 0 Å². The number of hydrogen-bond donors (Lipinski definition) is 0. The first kappa shape index (κ1) is 13.5. The molecule has 2 unspecified atom stereocenters. The number of ether oxygens (including phenoxy) is 1. The van der Waals surface area contributed by atoms with E-state index in [1.54, 1.807) is 18.2 Å². The fraction of sp³-hybridized carbons (Fsp3) is 0.455. The van der Waals surface area contributed by atoms with Crippen LogP contribution in [0.15, 0.2) is 35.2 Å². The Morgan fingerprint density at radius 3 is 2.33 bits per heavy atom. The summed E-state index contributed by atoms with van der Waals surface area (Å²) in [6.07, 6.45) is -0.791. The minimum atomic E-state index is -3.68. The van der Waals surface area contributed by atoms with Crippen LogP contribution in [0.1, 0.15) is 0 Å². The molecule has 0 amide bonds. The second kappa shape index (κ2) is 4.64. The molecular weight excluding hydrogens is 276 g/mol. The van der Waals surface area contributed by atoms with Gasteiger partial charge in [-0.05, 0) is 12.1 Å². The molecule has 1 aromatic rings. The van der Waals surface area contributed by atoms with Gasteiger partial charge in [-0.3, -0.25) is 0 Å². The molecule has 5 nitrogen and oxygen atoms in total. The molecule has 0 bridgehead atoms. The topological polar surface area (TPSA) is 77.5 Å². The summed E-state index contributed by atoms with van der Waals surface area (Å²) >= 11 is 0. The standard InChI is InChI=1S/C11H14O5S2/c1-16-10-7-17(12,13)8-11(10)18(14,15)9-5-3-2-4-6-9/h2-6,10-11H,7-8H2,1H3. The molecule has 0 aromatic heterocycles. The molecule has 1 heterocycles. The fourth-order valence-corrected chi connectivity index (χ4v) is 6.75. The van der Waals surface area contributed by atoms with Gasteiger partial charge in [0.15, 0.2) is 19.7 Å². The lowest BCUT2D eigenvalue weighted by molar-refractivity contribution is 0.126. The highest BCUT2D eigenvalue weighted by Crippen LogP contribution is 2.27. The summed E-state index contributed by atoms with van der Waals surface area (Å²) in [5.41, 5.74) is 0. The summed E-state index contributed by atoms with van der Waals surface area (Å²) in [5, 5.41) is -1.02. The maximum atomic E-state index is 12.3. The van der Waals surface area contributed by atoms with E-state index in [-0.39, 0.29) is 16.4 Å². The van der Waals surface area contributed by atoms with Crippen LogP contribution in [-0.4, -0.2) is 46.8 Å². The average molecular weight is 290 g/mol. The van der Waals surface area contributed by atoms with Crippen molar-refractivity contribution in [1.82, 2.24) is 0 Å². The molecule has 0 radical (unpaired) electrons. The Hall–Kier alpha value is -0.920. The Morgan fingerprint density at radius 1 is 1.17 bits per heavy atom. The van der Waals surface area contributed by atoms with Crippen LogP contribution in [0.25, 0.3) is 0 Å². The molecule has 1 fully saturated rings. The average Bonchev–Trinajstić information content (AvgIpc) is 2.66. The Balaban J connectivity index is 2.43. The van der Waals surface area contributed by atoms with Crippen molar-refractivity contribution in [2.24, 2.45) is 0 Å². The SMILES string of the molecule is COC1CS(=O)(=O)CC1S(=O)(=O)c1ccccc1. The van der Waals surface area contributed by atoms with E-state index in [1.807, 2.05) is 0 Å². The van der Waals surface area contributed by atoms with E-state index in [2.05, 4.69) is 0 Å². The Morgan fingerprint density at radius 2 is 1.78 bits per heavy atom. The van der Waals surface area contributed by atoms with Crippen LogP contribution in [-0.2, 0) is 24.4 Å². The summed E-state index contributed by atoms with van der Waals surface area (Å²) < 4.78 is 52.8. The number of benzene rings is 1. The first-order valence-electron chi connectivity index (χ1n) is 5.39. The van der Waals surface area contributed by atoms with E-state index in [0.717, 1.165) is 0 Å². The van der Waals surface area contributed by atoms with Crippen molar-refractivity contribution < 1.29 is 21.6 Å². The number of sulfone groups is 2. The summed E-state index contributed by atoms with van der Waals surface area (Å²) in [5.74, 6) is -0.608. The van der Waals surface area contributed by atoms with Crippen molar-refractivity contribution >= 4 is 19.7 Å². The first-order chi connectivity index (χ1) is 8.37. The smallest absolute Gasteiger partial charge is 0.184 e. The molecule has 7 heteroatoms. The largest absolute Gasteiger partial charge is 0.379 e. The molecule has 0 saturated carbocycles. The molecule has 1 aliphatic heterocycles. The summed E-state index contributed by atoms with van der Waals surface area (Å²) in [6, 6.07) is 7.86. The van der Waals surface area contributed by atoms with Gasteiger partial charge in [-0.1, -0.05) is 18.2 Å². The van der Waals surface area contributed by atoms with Gasteiger partial charge >= 0.3 is 0 Å². The minimum absolute atomic E-state index is 0.133. The number of rotatable bonds is 3. The lowest BCUT2D eigenvalue weighted by atomic mass is 10.3. The van der Waals surface area contributed by atoms with Crippen LogP contribution in [0, 0.1) is 0 Å². The molecule has 2 atom stereocenters. The van der Waals surface area contributed by atoms with Crippen LogP contribution in [0.4, 0.5) is 0 Å². The number of hydrogen-bond acceptors (Lipinski definition) is 5. The van der Waals surface area contributed by atoms with Gasteiger partial charge in [0.05, 0.1) is 22.5 Å².